The molecule has 3 fully saturated rings. The molecule has 31 heavy (non-hydrogen) atoms. The van der Waals surface area contributed by atoms with Crippen molar-refractivity contribution >= 4 is 22.7 Å². The van der Waals surface area contributed by atoms with Crippen LogP contribution in [0.1, 0.15) is 31.4 Å². The third kappa shape index (κ3) is 3.25. The minimum Gasteiger partial charge on any atom is -0.481 e. The molecule has 0 aromatic carbocycles. The van der Waals surface area contributed by atoms with E-state index < -0.39 is 23.5 Å². The summed E-state index contributed by atoms with van der Waals surface area (Å²) < 4.78 is 28.7. The van der Waals surface area contributed by atoms with Crippen LogP contribution in [-0.2, 0) is 11.2 Å². The first-order chi connectivity index (χ1) is 15.0. The number of carboxylic acids is 1. The van der Waals surface area contributed by atoms with Crippen LogP contribution in [0.5, 0.6) is 0 Å². The maximum atomic E-state index is 14.9. The summed E-state index contributed by atoms with van der Waals surface area (Å²) in [5, 5.41) is 10.3. The summed E-state index contributed by atoms with van der Waals surface area (Å²) in [4.78, 5) is 26.8. The van der Waals surface area contributed by atoms with Gasteiger partial charge in [-0.1, -0.05) is 0 Å². The normalized spacial score (nSPS) is 24.9. The smallest absolute Gasteiger partial charge is 0.307 e. The fraction of sp³-hybridized carbons (Fsp3) is 0.391. The molecule has 2 N–H and O–H groups in total. The van der Waals surface area contributed by atoms with Gasteiger partial charge in [-0.15, -0.1) is 0 Å². The number of aromatic nitrogens is 3. The van der Waals surface area contributed by atoms with E-state index in [1.54, 1.807) is 6.20 Å². The Morgan fingerprint density at radius 1 is 1.23 bits per heavy atom. The summed E-state index contributed by atoms with van der Waals surface area (Å²) in [6.07, 6.45) is 6.62. The highest BCUT2D eigenvalue weighted by molar-refractivity contribution is 5.95. The molecule has 3 heterocycles. The number of pyridine rings is 2. The van der Waals surface area contributed by atoms with E-state index >= 15 is 0 Å². The molecule has 3 aliphatic rings. The van der Waals surface area contributed by atoms with Gasteiger partial charge in [0.25, 0.3) is 0 Å². The average molecular weight is 422 g/mol. The molecule has 8 heteroatoms. The van der Waals surface area contributed by atoms with Gasteiger partial charge in [0.1, 0.15) is 17.3 Å². The van der Waals surface area contributed by atoms with Crippen molar-refractivity contribution in [3.8, 4) is 11.3 Å². The van der Waals surface area contributed by atoms with Crippen LogP contribution in [0.15, 0.2) is 24.5 Å². The third-order valence-corrected chi connectivity index (χ3v) is 7.01. The van der Waals surface area contributed by atoms with Crippen LogP contribution in [0.3, 0.4) is 0 Å². The summed E-state index contributed by atoms with van der Waals surface area (Å²) >= 11 is 0. The van der Waals surface area contributed by atoms with Crippen molar-refractivity contribution in [3.05, 3.63) is 53.3 Å². The second kappa shape index (κ2) is 7.41. The standard InChI is InChI=1S/C23H20F2N4O2/c1-26-19-8-17(25)18(7-14-11-2-4-12(5-3-11)20(14)23(30)31)29-21(19)16-10-28-22-15(16)6-13(24)9-27-22/h6,8-12,14,20H,2-5,7H2,(H,27,28)(H,30,31)/t11?,12?,14-,20-/m0/s1. The number of hydrogen-bond donors (Lipinski definition) is 2. The highest BCUT2D eigenvalue weighted by Crippen LogP contribution is 2.50. The molecule has 0 amide bonds. The van der Waals surface area contributed by atoms with Gasteiger partial charge in [0, 0.05) is 17.1 Å². The zero-order chi connectivity index (χ0) is 21.7. The zero-order valence-electron chi connectivity index (χ0n) is 16.6. The van der Waals surface area contributed by atoms with Crippen molar-refractivity contribution in [3.63, 3.8) is 0 Å². The molecular weight excluding hydrogens is 402 g/mol. The van der Waals surface area contributed by atoms with E-state index in [9.17, 15) is 18.7 Å². The first kappa shape index (κ1) is 19.6. The lowest BCUT2D eigenvalue weighted by molar-refractivity contribution is -0.152. The molecular formula is C23H20F2N4O2. The van der Waals surface area contributed by atoms with Crippen molar-refractivity contribution in [2.45, 2.75) is 32.1 Å². The molecule has 0 spiro atoms. The molecule has 2 atom stereocenters. The monoisotopic (exact) mass is 422 g/mol. The van der Waals surface area contributed by atoms with E-state index in [0.29, 0.717) is 16.6 Å². The van der Waals surface area contributed by atoms with Gasteiger partial charge in [0.15, 0.2) is 0 Å². The van der Waals surface area contributed by atoms with Crippen molar-refractivity contribution in [1.82, 2.24) is 15.0 Å². The van der Waals surface area contributed by atoms with Crippen LogP contribution in [0.2, 0.25) is 0 Å². The van der Waals surface area contributed by atoms with Gasteiger partial charge >= 0.3 is 5.97 Å². The Morgan fingerprint density at radius 2 is 1.97 bits per heavy atom. The molecule has 2 bridgehead atoms. The number of hydrogen-bond acceptors (Lipinski definition) is 3. The van der Waals surface area contributed by atoms with Crippen LogP contribution < -0.4 is 0 Å². The number of halogens is 2. The molecule has 3 aliphatic carbocycles. The Morgan fingerprint density at radius 3 is 2.68 bits per heavy atom. The maximum Gasteiger partial charge on any atom is 0.307 e. The summed E-state index contributed by atoms with van der Waals surface area (Å²) in [7, 11) is 0. The summed E-state index contributed by atoms with van der Waals surface area (Å²) in [5.74, 6) is -2.27. The number of H-pyrrole nitrogens is 1. The van der Waals surface area contributed by atoms with Gasteiger partial charge in [-0.2, -0.15) is 0 Å². The second-order valence-corrected chi connectivity index (χ2v) is 8.56. The molecule has 0 saturated heterocycles. The van der Waals surface area contributed by atoms with Crippen molar-refractivity contribution in [2.75, 3.05) is 0 Å². The Balaban J connectivity index is 1.58. The lowest BCUT2D eigenvalue weighted by atomic mass is 9.57. The quantitative estimate of drug-likeness (QED) is 0.571. The first-order valence-corrected chi connectivity index (χ1v) is 10.4. The molecule has 6 nitrogen and oxygen atoms in total. The molecule has 6 rings (SSSR count). The van der Waals surface area contributed by atoms with Crippen LogP contribution in [0.25, 0.3) is 27.1 Å². The van der Waals surface area contributed by atoms with Gasteiger partial charge in [-0.25, -0.2) is 18.6 Å². The van der Waals surface area contributed by atoms with E-state index in [-0.39, 0.29) is 41.2 Å². The molecule has 0 unspecified atom stereocenters. The molecule has 0 radical (unpaired) electrons. The predicted octanol–water partition coefficient (Wildman–Crippen LogP) is 5.13. The Kier molecular flexibility index (Phi) is 4.69. The van der Waals surface area contributed by atoms with E-state index in [4.69, 9.17) is 6.57 Å². The molecule has 3 aromatic heterocycles. The van der Waals surface area contributed by atoms with E-state index in [1.807, 2.05) is 0 Å². The summed E-state index contributed by atoms with van der Waals surface area (Å²) in [5.41, 5.74) is 1.33. The number of nitrogens with one attached hydrogen (secondary N) is 1. The van der Waals surface area contributed by atoms with Crippen LogP contribution in [0, 0.1) is 41.9 Å². The Labute approximate surface area is 177 Å². The third-order valence-electron chi connectivity index (χ3n) is 7.01. The van der Waals surface area contributed by atoms with E-state index in [0.717, 1.165) is 37.9 Å². The molecule has 3 aromatic rings. The number of aliphatic carboxylic acids is 1. The SMILES string of the molecule is [C-]#[N+]c1cc(F)c(C[C@H]2C3CCC(CC3)[C@@H]2C(=O)O)nc1-c1c[nH]c2ncc(F)cc12. The van der Waals surface area contributed by atoms with Crippen molar-refractivity contribution < 1.29 is 18.7 Å². The van der Waals surface area contributed by atoms with Crippen LogP contribution in [0.4, 0.5) is 14.5 Å². The average Bonchev–Trinajstić information content (AvgIpc) is 3.18. The summed E-state index contributed by atoms with van der Waals surface area (Å²) in [6, 6.07) is 2.44. The lowest BCUT2D eigenvalue weighted by Gasteiger charge is -2.46. The Bertz CT molecular complexity index is 1220. The number of carbonyl (C=O) groups is 1. The fourth-order valence-corrected chi connectivity index (χ4v) is 5.59. The first-order valence-electron chi connectivity index (χ1n) is 10.4. The Hall–Kier alpha value is -3.34. The van der Waals surface area contributed by atoms with Gasteiger partial charge in [-0.3, -0.25) is 9.78 Å². The molecule has 3 saturated carbocycles. The lowest BCUT2D eigenvalue weighted by Crippen LogP contribution is -2.45. The highest BCUT2D eigenvalue weighted by Gasteiger charge is 2.47. The van der Waals surface area contributed by atoms with Gasteiger partial charge in [0.05, 0.1) is 30.1 Å². The number of nitrogens with zero attached hydrogens (tertiary/aromatic N) is 3. The zero-order valence-corrected chi connectivity index (χ0v) is 16.6. The van der Waals surface area contributed by atoms with E-state index in [2.05, 4.69) is 19.8 Å². The van der Waals surface area contributed by atoms with Gasteiger partial charge in [-0.05, 0) is 62.0 Å². The van der Waals surface area contributed by atoms with E-state index in [1.165, 1.54) is 6.07 Å². The number of fused-ring (bicyclic) bond motifs is 4. The minimum atomic E-state index is -0.823. The highest BCUT2D eigenvalue weighted by atomic mass is 19.1. The number of carboxylic acid groups (broad SMARTS) is 1. The molecule has 158 valence electrons. The van der Waals surface area contributed by atoms with Crippen molar-refractivity contribution in [2.24, 2.45) is 23.7 Å². The van der Waals surface area contributed by atoms with Gasteiger partial charge in [0.2, 0.25) is 5.69 Å². The molecule has 0 aliphatic heterocycles. The predicted molar refractivity (Wildman–Crippen MR) is 109 cm³/mol. The van der Waals surface area contributed by atoms with Crippen LogP contribution in [-0.4, -0.2) is 26.0 Å². The largest absolute Gasteiger partial charge is 0.481 e. The number of aromatic amines is 1. The van der Waals surface area contributed by atoms with Crippen LogP contribution >= 0.6 is 0 Å². The maximum absolute atomic E-state index is 14.9. The fourth-order valence-electron chi connectivity index (χ4n) is 5.59. The number of rotatable bonds is 4. The van der Waals surface area contributed by atoms with Crippen molar-refractivity contribution in [1.29, 1.82) is 0 Å². The minimum absolute atomic E-state index is 0.0198. The summed E-state index contributed by atoms with van der Waals surface area (Å²) in [6.45, 7) is 7.45. The topological polar surface area (TPSA) is 83.2 Å². The second-order valence-electron chi connectivity index (χ2n) is 8.56. The van der Waals surface area contributed by atoms with Gasteiger partial charge < -0.3 is 10.1 Å².